The normalized spacial score (nSPS) is 12.8. The van der Waals surface area contributed by atoms with Gasteiger partial charge in [-0.1, -0.05) is 55.8 Å². The first-order valence-corrected chi connectivity index (χ1v) is 8.32. The van der Waals surface area contributed by atoms with Crippen molar-refractivity contribution < 1.29 is 9.53 Å². The number of benzene rings is 2. The molecule has 4 nitrogen and oxygen atoms in total. The average Bonchev–Trinajstić information content (AvgIpc) is 2.57. The van der Waals surface area contributed by atoms with Gasteiger partial charge < -0.3 is 15.8 Å². The highest BCUT2D eigenvalue weighted by Crippen LogP contribution is 2.15. The number of nitrogens with two attached hydrogens (primary N) is 1. The number of amides is 1. The summed E-state index contributed by atoms with van der Waals surface area (Å²) >= 11 is 0. The molecule has 25 heavy (non-hydrogen) atoms. The van der Waals surface area contributed by atoms with Crippen molar-refractivity contribution in [3.63, 3.8) is 0 Å². The zero-order valence-electron chi connectivity index (χ0n) is 14.8. The second-order valence-corrected chi connectivity index (χ2v) is 6.30. The third kappa shape index (κ3) is 6.86. The van der Waals surface area contributed by atoms with Crippen molar-refractivity contribution >= 4 is 24.0 Å². The van der Waals surface area contributed by atoms with E-state index in [1.54, 1.807) is 6.92 Å². The predicted molar refractivity (Wildman–Crippen MR) is 105 cm³/mol. The molecular weight excluding hydrogens is 336 g/mol. The van der Waals surface area contributed by atoms with Crippen molar-refractivity contribution in [1.29, 1.82) is 0 Å². The smallest absolute Gasteiger partial charge is 0.244 e. The summed E-state index contributed by atoms with van der Waals surface area (Å²) in [5, 5.41) is 2.87. The Kier molecular flexibility index (Phi) is 8.62. The van der Waals surface area contributed by atoms with Gasteiger partial charge in [-0.2, -0.15) is 0 Å². The molecule has 5 heteroatoms. The summed E-state index contributed by atoms with van der Waals surface area (Å²) in [4.78, 5) is 12.2. The van der Waals surface area contributed by atoms with Gasteiger partial charge in [-0.3, -0.25) is 4.79 Å². The minimum atomic E-state index is -0.841. The molecule has 2 rings (SSSR count). The summed E-state index contributed by atoms with van der Waals surface area (Å²) in [5.74, 6) is -0.155. The topological polar surface area (TPSA) is 64.4 Å². The lowest BCUT2D eigenvalue weighted by Crippen LogP contribution is -2.48. The molecule has 0 aromatic heterocycles. The van der Waals surface area contributed by atoms with E-state index in [1.165, 1.54) is 0 Å². The Morgan fingerprint density at radius 2 is 1.60 bits per heavy atom. The van der Waals surface area contributed by atoms with Crippen LogP contribution in [0.15, 0.2) is 54.6 Å². The Labute approximate surface area is 156 Å². The quantitative estimate of drug-likeness (QED) is 0.736. The zero-order valence-corrected chi connectivity index (χ0v) is 15.6. The molecule has 0 aliphatic carbocycles. The van der Waals surface area contributed by atoms with Crippen LogP contribution in [-0.4, -0.2) is 11.4 Å². The van der Waals surface area contributed by atoms with Gasteiger partial charge in [0, 0.05) is 5.69 Å². The van der Waals surface area contributed by atoms with Crippen LogP contribution < -0.4 is 11.1 Å². The number of hydrogen-bond acceptors (Lipinski definition) is 3. The molecule has 0 saturated carbocycles. The maximum atomic E-state index is 12.2. The van der Waals surface area contributed by atoms with Crippen molar-refractivity contribution in [1.82, 2.24) is 0 Å². The standard InChI is InChI=1S/C20H26N2O2.ClH/c1-3-13-20(2,21)19(23)22-18-11-9-17(10-12-18)15-24-14-16-7-5-4-6-8-16;/h4-12H,3,13-15,21H2,1-2H3,(H,22,23);1H. The highest BCUT2D eigenvalue weighted by atomic mass is 35.5. The average molecular weight is 363 g/mol. The van der Waals surface area contributed by atoms with Crippen molar-refractivity contribution in [3.05, 3.63) is 65.7 Å². The van der Waals surface area contributed by atoms with Gasteiger partial charge in [0.1, 0.15) is 0 Å². The van der Waals surface area contributed by atoms with Gasteiger partial charge in [0.25, 0.3) is 0 Å². The Morgan fingerprint density at radius 3 is 2.16 bits per heavy atom. The van der Waals surface area contributed by atoms with Crippen LogP contribution in [0.5, 0.6) is 0 Å². The number of anilines is 1. The second-order valence-electron chi connectivity index (χ2n) is 6.30. The van der Waals surface area contributed by atoms with Gasteiger partial charge in [-0.25, -0.2) is 0 Å². The molecule has 2 aromatic carbocycles. The minimum absolute atomic E-state index is 0. The van der Waals surface area contributed by atoms with Gasteiger partial charge in [-0.05, 0) is 36.6 Å². The molecule has 1 atom stereocenters. The van der Waals surface area contributed by atoms with E-state index < -0.39 is 5.54 Å². The van der Waals surface area contributed by atoms with Crippen LogP contribution in [0.25, 0.3) is 0 Å². The van der Waals surface area contributed by atoms with Crippen LogP contribution in [-0.2, 0) is 22.7 Å². The highest BCUT2D eigenvalue weighted by molar-refractivity contribution is 5.97. The number of ether oxygens (including phenoxy) is 1. The van der Waals surface area contributed by atoms with Crippen LogP contribution in [0.2, 0.25) is 0 Å². The SMILES string of the molecule is CCCC(C)(N)C(=O)Nc1ccc(COCc2ccccc2)cc1.Cl. The number of halogens is 1. The third-order valence-electron chi connectivity index (χ3n) is 3.88. The number of carbonyl (C=O) groups excluding carboxylic acids is 1. The molecule has 0 saturated heterocycles. The summed E-state index contributed by atoms with van der Waals surface area (Å²) in [6, 6.07) is 17.7. The molecule has 0 heterocycles. The predicted octanol–water partition coefficient (Wildman–Crippen LogP) is 4.28. The van der Waals surface area contributed by atoms with Gasteiger partial charge in [-0.15, -0.1) is 12.4 Å². The maximum absolute atomic E-state index is 12.2. The Bertz CT molecular complexity index is 643. The van der Waals surface area contributed by atoms with Gasteiger partial charge >= 0.3 is 0 Å². The fraction of sp³-hybridized carbons (Fsp3) is 0.350. The van der Waals surface area contributed by atoms with Gasteiger partial charge in [0.15, 0.2) is 0 Å². The molecule has 136 valence electrons. The molecule has 1 unspecified atom stereocenters. The van der Waals surface area contributed by atoms with Crippen LogP contribution in [0.3, 0.4) is 0 Å². The van der Waals surface area contributed by atoms with E-state index in [9.17, 15) is 4.79 Å². The summed E-state index contributed by atoms with van der Waals surface area (Å²) in [7, 11) is 0. The van der Waals surface area contributed by atoms with E-state index in [0.29, 0.717) is 19.6 Å². The van der Waals surface area contributed by atoms with E-state index in [2.05, 4.69) is 5.32 Å². The van der Waals surface area contributed by atoms with Crippen LogP contribution in [0.4, 0.5) is 5.69 Å². The Hall–Kier alpha value is -1.88. The minimum Gasteiger partial charge on any atom is -0.372 e. The molecule has 0 spiro atoms. The lowest BCUT2D eigenvalue weighted by atomic mass is 9.96. The van der Waals surface area contributed by atoms with E-state index >= 15 is 0 Å². The first-order chi connectivity index (χ1) is 11.5. The van der Waals surface area contributed by atoms with Gasteiger partial charge in [0.2, 0.25) is 5.91 Å². The molecule has 0 bridgehead atoms. The highest BCUT2D eigenvalue weighted by Gasteiger charge is 2.26. The maximum Gasteiger partial charge on any atom is 0.244 e. The van der Waals surface area contributed by atoms with E-state index in [-0.39, 0.29) is 18.3 Å². The molecule has 1 amide bonds. The van der Waals surface area contributed by atoms with Gasteiger partial charge in [0.05, 0.1) is 18.8 Å². The number of nitrogens with one attached hydrogen (secondary N) is 1. The molecule has 0 aliphatic rings. The fourth-order valence-electron chi connectivity index (χ4n) is 2.45. The molecule has 0 radical (unpaired) electrons. The Balaban J connectivity index is 0.00000312. The summed E-state index contributed by atoms with van der Waals surface area (Å²) in [6.45, 7) is 4.90. The summed E-state index contributed by atoms with van der Waals surface area (Å²) < 4.78 is 5.71. The number of hydrogen-bond donors (Lipinski definition) is 2. The first kappa shape index (κ1) is 21.2. The van der Waals surface area contributed by atoms with Crippen molar-refractivity contribution in [3.8, 4) is 0 Å². The number of carbonyl (C=O) groups is 1. The molecule has 0 fully saturated rings. The molecule has 2 aromatic rings. The number of rotatable bonds is 8. The molecule has 0 aliphatic heterocycles. The van der Waals surface area contributed by atoms with E-state index in [0.717, 1.165) is 23.2 Å². The molecule has 3 N–H and O–H groups in total. The fourth-order valence-corrected chi connectivity index (χ4v) is 2.45. The van der Waals surface area contributed by atoms with Crippen LogP contribution in [0.1, 0.15) is 37.8 Å². The largest absolute Gasteiger partial charge is 0.372 e. The van der Waals surface area contributed by atoms with Crippen molar-refractivity contribution in [2.24, 2.45) is 5.73 Å². The van der Waals surface area contributed by atoms with Crippen LogP contribution in [0, 0.1) is 0 Å². The van der Waals surface area contributed by atoms with Crippen LogP contribution >= 0.6 is 12.4 Å². The summed E-state index contributed by atoms with van der Waals surface area (Å²) in [6.07, 6.45) is 1.53. The third-order valence-corrected chi connectivity index (χ3v) is 3.88. The lowest BCUT2D eigenvalue weighted by molar-refractivity contribution is -0.120. The second kappa shape index (κ2) is 10.2. The van der Waals surface area contributed by atoms with E-state index in [4.69, 9.17) is 10.5 Å². The molecular formula is C20H27ClN2O2. The lowest BCUT2D eigenvalue weighted by Gasteiger charge is -2.22. The monoisotopic (exact) mass is 362 g/mol. The van der Waals surface area contributed by atoms with E-state index in [1.807, 2.05) is 61.5 Å². The van der Waals surface area contributed by atoms with Crippen molar-refractivity contribution in [2.45, 2.75) is 45.4 Å². The Morgan fingerprint density at radius 1 is 1.04 bits per heavy atom. The zero-order chi connectivity index (χ0) is 17.4. The summed E-state index contributed by atoms with van der Waals surface area (Å²) in [5.41, 5.74) is 8.16. The first-order valence-electron chi connectivity index (χ1n) is 8.32. The van der Waals surface area contributed by atoms with Crippen molar-refractivity contribution in [2.75, 3.05) is 5.32 Å².